The lowest BCUT2D eigenvalue weighted by molar-refractivity contribution is -0.169. The molecule has 0 radical (unpaired) electrons. The first-order valence-electron chi connectivity index (χ1n) is 8.16. The van der Waals surface area contributed by atoms with Gasteiger partial charge in [0.25, 0.3) is 0 Å². The molecule has 6 heteroatoms. The van der Waals surface area contributed by atoms with Crippen molar-refractivity contribution in [3.63, 3.8) is 0 Å². The molecular weight excluding hydrogens is 298 g/mol. The fraction of sp³-hybridized carbons (Fsp3) is 0.750. The molecule has 2 aliphatic rings. The van der Waals surface area contributed by atoms with E-state index in [0.29, 0.717) is 0 Å². The molecule has 1 atom stereocenters. The highest BCUT2D eigenvalue weighted by Crippen LogP contribution is 2.36. The van der Waals surface area contributed by atoms with Gasteiger partial charge < -0.3 is 15.0 Å². The monoisotopic (exact) mass is 323 g/mol. The second-order valence-electron chi connectivity index (χ2n) is 6.37. The molecule has 1 N–H and O–H groups in total. The van der Waals surface area contributed by atoms with E-state index in [-0.39, 0.29) is 17.7 Å². The maximum atomic E-state index is 12.5. The van der Waals surface area contributed by atoms with E-state index in [1.54, 1.807) is 11.3 Å². The molecule has 0 unspecified atom stereocenters. The summed E-state index contributed by atoms with van der Waals surface area (Å²) in [6, 6.07) is 0.0484. The van der Waals surface area contributed by atoms with Gasteiger partial charge in [0.15, 0.2) is 0 Å². The van der Waals surface area contributed by atoms with Crippen LogP contribution in [0, 0.1) is 13.8 Å². The maximum Gasteiger partial charge on any atom is 0.317 e. The van der Waals surface area contributed by atoms with Gasteiger partial charge >= 0.3 is 6.03 Å². The SMILES string of the molecule is CC[C@@H](NC(=O)N1CCC2(CCO2)CC1)c1nc(C)c(C)s1. The summed E-state index contributed by atoms with van der Waals surface area (Å²) in [5.74, 6) is 0. The van der Waals surface area contributed by atoms with Crippen LogP contribution in [-0.4, -0.2) is 41.2 Å². The number of carbonyl (C=O) groups is 1. The van der Waals surface area contributed by atoms with Crippen molar-refractivity contribution in [2.24, 2.45) is 0 Å². The smallest absolute Gasteiger partial charge is 0.317 e. The van der Waals surface area contributed by atoms with Crippen molar-refractivity contribution in [1.29, 1.82) is 0 Å². The van der Waals surface area contributed by atoms with Crippen LogP contribution in [0.4, 0.5) is 4.79 Å². The molecule has 3 rings (SSSR count). The zero-order valence-electron chi connectivity index (χ0n) is 13.6. The fourth-order valence-corrected chi connectivity index (χ4v) is 4.19. The van der Waals surface area contributed by atoms with Gasteiger partial charge in [-0.1, -0.05) is 6.92 Å². The molecular formula is C16H25N3O2S. The second-order valence-corrected chi connectivity index (χ2v) is 7.61. The van der Waals surface area contributed by atoms with E-state index in [9.17, 15) is 4.79 Å². The summed E-state index contributed by atoms with van der Waals surface area (Å²) in [6.45, 7) is 8.65. The predicted octanol–water partition coefficient (Wildman–Crippen LogP) is 3.18. The molecule has 2 aliphatic heterocycles. The summed E-state index contributed by atoms with van der Waals surface area (Å²) < 4.78 is 5.71. The van der Waals surface area contributed by atoms with Crippen LogP contribution in [0.3, 0.4) is 0 Å². The number of nitrogens with one attached hydrogen (secondary N) is 1. The summed E-state index contributed by atoms with van der Waals surface area (Å²) in [5, 5.41) is 4.17. The summed E-state index contributed by atoms with van der Waals surface area (Å²) in [6.07, 6.45) is 3.94. The highest BCUT2D eigenvalue weighted by molar-refractivity contribution is 7.11. The Morgan fingerprint density at radius 2 is 2.09 bits per heavy atom. The van der Waals surface area contributed by atoms with Crippen molar-refractivity contribution >= 4 is 17.4 Å². The zero-order valence-corrected chi connectivity index (χ0v) is 14.5. The maximum absolute atomic E-state index is 12.5. The van der Waals surface area contributed by atoms with Crippen molar-refractivity contribution in [3.05, 3.63) is 15.6 Å². The van der Waals surface area contributed by atoms with E-state index in [4.69, 9.17) is 4.74 Å². The summed E-state index contributed by atoms with van der Waals surface area (Å²) in [5.41, 5.74) is 1.15. The first-order chi connectivity index (χ1) is 10.5. The number of thiazole rings is 1. The summed E-state index contributed by atoms with van der Waals surface area (Å²) >= 11 is 1.68. The second kappa shape index (κ2) is 6.16. The molecule has 1 aromatic rings. The third kappa shape index (κ3) is 2.99. The van der Waals surface area contributed by atoms with Crippen LogP contribution in [0.2, 0.25) is 0 Å². The Morgan fingerprint density at radius 3 is 2.55 bits per heavy atom. The number of hydrogen-bond acceptors (Lipinski definition) is 4. The average Bonchev–Trinajstić information content (AvgIpc) is 2.82. The number of carbonyl (C=O) groups excluding carboxylic acids is 1. The van der Waals surface area contributed by atoms with Crippen LogP contribution in [0.5, 0.6) is 0 Å². The summed E-state index contributed by atoms with van der Waals surface area (Å²) in [4.78, 5) is 20.2. The molecule has 2 fully saturated rings. The van der Waals surface area contributed by atoms with Crippen LogP contribution in [0.1, 0.15) is 54.2 Å². The molecule has 0 saturated carbocycles. The molecule has 2 amide bonds. The van der Waals surface area contributed by atoms with Crippen molar-refractivity contribution < 1.29 is 9.53 Å². The van der Waals surface area contributed by atoms with Gasteiger partial charge in [-0.15, -0.1) is 11.3 Å². The minimum Gasteiger partial charge on any atom is -0.375 e. The molecule has 22 heavy (non-hydrogen) atoms. The van der Waals surface area contributed by atoms with Gasteiger partial charge in [0.1, 0.15) is 5.01 Å². The first kappa shape index (κ1) is 15.7. The number of ether oxygens (including phenoxy) is 1. The lowest BCUT2D eigenvalue weighted by Crippen LogP contribution is -2.55. The predicted molar refractivity (Wildman–Crippen MR) is 87.3 cm³/mol. The van der Waals surface area contributed by atoms with E-state index < -0.39 is 0 Å². The van der Waals surface area contributed by atoms with Crippen LogP contribution in [-0.2, 0) is 4.74 Å². The molecule has 0 bridgehead atoms. The zero-order chi connectivity index (χ0) is 15.7. The Labute approximate surface area is 136 Å². The standard InChI is InChI=1S/C16H25N3O2S/c1-4-13(14-17-11(2)12(3)22-14)18-15(20)19-8-5-16(6-9-19)7-10-21-16/h13H,4-10H2,1-3H3,(H,18,20)/t13-/m1/s1. The molecule has 0 aromatic carbocycles. The summed E-state index contributed by atoms with van der Waals surface area (Å²) in [7, 11) is 0. The quantitative estimate of drug-likeness (QED) is 0.929. The van der Waals surface area contributed by atoms with Crippen LogP contribution in [0.25, 0.3) is 0 Å². The number of amides is 2. The molecule has 0 aliphatic carbocycles. The van der Waals surface area contributed by atoms with E-state index >= 15 is 0 Å². The third-order valence-corrected chi connectivity index (χ3v) is 6.16. The van der Waals surface area contributed by atoms with Gasteiger partial charge in [0, 0.05) is 18.0 Å². The van der Waals surface area contributed by atoms with E-state index in [1.165, 1.54) is 4.88 Å². The van der Waals surface area contributed by atoms with E-state index in [2.05, 4.69) is 24.1 Å². The largest absolute Gasteiger partial charge is 0.375 e. The first-order valence-corrected chi connectivity index (χ1v) is 8.98. The molecule has 122 valence electrons. The van der Waals surface area contributed by atoms with E-state index in [1.807, 2.05) is 11.8 Å². The number of urea groups is 1. The third-order valence-electron chi connectivity index (χ3n) is 4.98. The van der Waals surface area contributed by atoms with Crippen LogP contribution < -0.4 is 5.32 Å². The molecule has 1 spiro atoms. The Kier molecular flexibility index (Phi) is 4.41. The van der Waals surface area contributed by atoms with Crippen LogP contribution in [0.15, 0.2) is 0 Å². The van der Waals surface area contributed by atoms with Gasteiger partial charge in [0.05, 0.1) is 23.9 Å². The normalized spacial score (nSPS) is 21.5. The number of likely N-dealkylation sites (tertiary alicyclic amines) is 1. The number of piperidine rings is 1. The Bertz CT molecular complexity index is 524. The lowest BCUT2D eigenvalue weighted by Gasteiger charge is -2.47. The van der Waals surface area contributed by atoms with Gasteiger partial charge in [-0.05, 0) is 39.5 Å². The highest BCUT2D eigenvalue weighted by atomic mass is 32.1. The molecule has 1 aromatic heterocycles. The Balaban J connectivity index is 1.58. The lowest BCUT2D eigenvalue weighted by atomic mass is 9.84. The van der Waals surface area contributed by atoms with Gasteiger partial charge in [0.2, 0.25) is 0 Å². The van der Waals surface area contributed by atoms with Crippen molar-refractivity contribution in [1.82, 2.24) is 15.2 Å². The van der Waals surface area contributed by atoms with Crippen molar-refractivity contribution in [3.8, 4) is 0 Å². The average molecular weight is 323 g/mol. The van der Waals surface area contributed by atoms with Crippen molar-refractivity contribution in [2.75, 3.05) is 19.7 Å². The number of aryl methyl sites for hydroxylation is 2. The molecule has 2 saturated heterocycles. The number of rotatable bonds is 3. The Hall–Kier alpha value is -1.14. The van der Waals surface area contributed by atoms with Gasteiger partial charge in [-0.3, -0.25) is 0 Å². The topological polar surface area (TPSA) is 54.5 Å². The van der Waals surface area contributed by atoms with E-state index in [0.717, 1.165) is 56.1 Å². The highest BCUT2D eigenvalue weighted by Gasteiger charge is 2.42. The Morgan fingerprint density at radius 1 is 1.41 bits per heavy atom. The van der Waals surface area contributed by atoms with Gasteiger partial charge in [-0.2, -0.15) is 0 Å². The number of hydrogen-bond donors (Lipinski definition) is 1. The minimum absolute atomic E-state index is 0.0146. The number of aromatic nitrogens is 1. The van der Waals surface area contributed by atoms with Crippen molar-refractivity contribution in [2.45, 2.75) is 58.1 Å². The fourth-order valence-electron chi connectivity index (χ4n) is 3.13. The minimum atomic E-state index is 0.0146. The molecule has 5 nitrogen and oxygen atoms in total. The molecule has 3 heterocycles. The number of nitrogens with zero attached hydrogens (tertiary/aromatic N) is 2. The van der Waals surface area contributed by atoms with Gasteiger partial charge in [-0.25, -0.2) is 9.78 Å². The van der Waals surface area contributed by atoms with Crippen LogP contribution >= 0.6 is 11.3 Å².